The Morgan fingerprint density at radius 3 is 3.14 bits per heavy atom. The van der Waals surface area contributed by atoms with Crippen molar-refractivity contribution in [1.82, 2.24) is 10.5 Å². The highest BCUT2D eigenvalue weighted by Gasteiger charge is 2.22. The zero-order valence-corrected chi connectivity index (χ0v) is 11.7. The minimum absolute atomic E-state index is 0.0508. The second-order valence-corrected chi connectivity index (χ2v) is 4.86. The number of hydrogen-bond donors (Lipinski definition) is 1. The smallest absolute Gasteiger partial charge is 0.258 e. The Morgan fingerprint density at radius 1 is 1.48 bits per heavy atom. The normalized spacial score (nSPS) is 16.7. The third-order valence-corrected chi connectivity index (χ3v) is 3.25. The zero-order chi connectivity index (χ0) is 14.7. The molecule has 2 heterocycles. The van der Waals surface area contributed by atoms with Gasteiger partial charge in [0.25, 0.3) is 11.8 Å². The molecular weight excluding hydrogens is 272 g/mol. The van der Waals surface area contributed by atoms with E-state index in [0.29, 0.717) is 18.2 Å². The van der Waals surface area contributed by atoms with Crippen LogP contribution in [-0.2, 0) is 4.79 Å². The molecular formula is C15H16N2O4. The molecule has 1 aliphatic rings. The van der Waals surface area contributed by atoms with Crippen molar-refractivity contribution in [2.75, 3.05) is 13.2 Å². The van der Waals surface area contributed by atoms with Crippen LogP contribution in [0.3, 0.4) is 0 Å². The Morgan fingerprint density at radius 2 is 2.33 bits per heavy atom. The SMILES string of the molecule is Cc1cc(OCC(=O)N[C@@H]2CCOc3ccccc32)no1. The van der Waals surface area contributed by atoms with Crippen molar-refractivity contribution in [3.8, 4) is 11.6 Å². The zero-order valence-electron chi connectivity index (χ0n) is 11.7. The summed E-state index contributed by atoms with van der Waals surface area (Å²) < 4.78 is 15.7. The number of rotatable bonds is 4. The number of hydrogen-bond acceptors (Lipinski definition) is 5. The highest BCUT2D eigenvalue weighted by molar-refractivity contribution is 5.78. The first-order valence-corrected chi connectivity index (χ1v) is 6.79. The van der Waals surface area contributed by atoms with Crippen LogP contribution in [0.1, 0.15) is 23.8 Å². The quantitative estimate of drug-likeness (QED) is 0.931. The average molecular weight is 288 g/mol. The molecule has 2 aromatic rings. The number of nitrogens with zero attached hydrogens (tertiary/aromatic N) is 1. The molecule has 0 fully saturated rings. The van der Waals surface area contributed by atoms with E-state index >= 15 is 0 Å². The summed E-state index contributed by atoms with van der Waals surface area (Å²) in [7, 11) is 0. The van der Waals surface area contributed by atoms with Gasteiger partial charge < -0.3 is 19.3 Å². The first kappa shape index (κ1) is 13.5. The fourth-order valence-corrected chi connectivity index (χ4v) is 2.28. The van der Waals surface area contributed by atoms with Gasteiger partial charge in [-0.05, 0) is 18.1 Å². The summed E-state index contributed by atoms with van der Waals surface area (Å²) >= 11 is 0. The van der Waals surface area contributed by atoms with Gasteiger partial charge in [-0.3, -0.25) is 4.79 Å². The summed E-state index contributed by atoms with van der Waals surface area (Å²) in [5.41, 5.74) is 0.995. The molecule has 0 spiro atoms. The van der Waals surface area contributed by atoms with Crippen molar-refractivity contribution in [2.24, 2.45) is 0 Å². The van der Waals surface area contributed by atoms with Crippen molar-refractivity contribution < 1.29 is 18.8 Å². The molecule has 21 heavy (non-hydrogen) atoms. The topological polar surface area (TPSA) is 73.6 Å². The Labute approximate surface area is 122 Å². The molecule has 1 aromatic carbocycles. The second kappa shape index (κ2) is 5.87. The fourth-order valence-electron chi connectivity index (χ4n) is 2.28. The largest absolute Gasteiger partial charge is 0.493 e. The van der Waals surface area contributed by atoms with Crippen LogP contribution in [-0.4, -0.2) is 24.3 Å². The van der Waals surface area contributed by atoms with Crippen LogP contribution in [0.25, 0.3) is 0 Å². The van der Waals surface area contributed by atoms with Crippen LogP contribution in [0.5, 0.6) is 11.6 Å². The van der Waals surface area contributed by atoms with E-state index in [-0.39, 0.29) is 18.6 Å². The van der Waals surface area contributed by atoms with Crippen LogP contribution in [0.2, 0.25) is 0 Å². The van der Waals surface area contributed by atoms with E-state index in [2.05, 4.69) is 10.5 Å². The molecule has 0 aliphatic carbocycles. The van der Waals surface area contributed by atoms with Crippen LogP contribution in [0, 0.1) is 6.92 Å². The van der Waals surface area contributed by atoms with E-state index in [4.69, 9.17) is 14.0 Å². The Kier molecular flexibility index (Phi) is 3.77. The summed E-state index contributed by atoms with van der Waals surface area (Å²) in [6.45, 7) is 2.26. The number of carbonyl (C=O) groups is 1. The van der Waals surface area contributed by atoms with E-state index in [1.807, 2.05) is 24.3 Å². The standard InChI is InChI=1S/C15H16N2O4/c1-10-8-15(17-21-10)20-9-14(18)16-12-6-7-19-13-5-3-2-4-11(12)13/h2-5,8,12H,6-7,9H2,1H3,(H,16,18)/t12-/m1/s1. The summed E-state index contributed by atoms with van der Waals surface area (Å²) in [6, 6.07) is 9.30. The molecule has 110 valence electrons. The van der Waals surface area contributed by atoms with Crippen molar-refractivity contribution in [2.45, 2.75) is 19.4 Å². The summed E-state index contributed by atoms with van der Waals surface area (Å²) in [4.78, 5) is 12.0. The number of fused-ring (bicyclic) bond motifs is 1. The van der Waals surface area contributed by atoms with Crippen LogP contribution < -0.4 is 14.8 Å². The van der Waals surface area contributed by atoms with Gasteiger partial charge in [-0.1, -0.05) is 18.2 Å². The second-order valence-electron chi connectivity index (χ2n) is 4.86. The maximum Gasteiger partial charge on any atom is 0.258 e. The van der Waals surface area contributed by atoms with Gasteiger partial charge in [0.2, 0.25) is 0 Å². The lowest BCUT2D eigenvalue weighted by molar-refractivity contribution is -0.124. The molecule has 6 nitrogen and oxygen atoms in total. The monoisotopic (exact) mass is 288 g/mol. The fraction of sp³-hybridized carbons (Fsp3) is 0.333. The molecule has 1 aliphatic heterocycles. The van der Waals surface area contributed by atoms with Crippen LogP contribution in [0.15, 0.2) is 34.9 Å². The number of nitrogens with one attached hydrogen (secondary N) is 1. The first-order valence-electron chi connectivity index (χ1n) is 6.79. The van der Waals surface area contributed by atoms with Crippen LogP contribution >= 0.6 is 0 Å². The molecule has 1 amide bonds. The number of amides is 1. The minimum atomic E-state index is -0.197. The third kappa shape index (κ3) is 3.16. The van der Waals surface area contributed by atoms with Gasteiger partial charge in [-0.25, -0.2) is 0 Å². The molecule has 0 bridgehead atoms. The van der Waals surface area contributed by atoms with Gasteiger partial charge in [0.15, 0.2) is 6.61 Å². The van der Waals surface area contributed by atoms with Crippen LogP contribution in [0.4, 0.5) is 0 Å². The maximum absolute atomic E-state index is 12.0. The molecule has 6 heteroatoms. The number of aromatic nitrogens is 1. The number of para-hydroxylation sites is 1. The maximum atomic E-state index is 12.0. The van der Waals surface area contributed by atoms with Gasteiger partial charge in [0, 0.05) is 18.1 Å². The van der Waals surface area contributed by atoms with Gasteiger partial charge in [-0.2, -0.15) is 0 Å². The predicted molar refractivity (Wildman–Crippen MR) is 74.2 cm³/mol. The molecule has 0 unspecified atom stereocenters. The van der Waals surface area contributed by atoms with E-state index in [0.717, 1.165) is 17.7 Å². The first-order chi connectivity index (χ1) is 10.2. The summed E-state index contributed by atoms with van der Waals surface area (Å²) in [5, 5.41) is 6.62. The Hall–Kier alpha value is -2.50. The third-order valence-electron chi connectivity index (χ3n) is 3.25. The highest BCUT2D eigenvalue weighted by atomic mass is 16.5. The molecule has 3 rings (SSSR count). The lowest BCUT2D eigenvalue weighted by Crippen LogP contribution is -2.35. The van der Waals surface area contributed by atoms with E-state index < -0.39 is 0 Å². The van der Waals surface area contributed by atoms with Gasteiger partial charge in [0.05, 0.1) is 12.6 Å². The molecule has 1 N–H and O–H groups in total. The van der Waals surface area contributed by atoms with Crippen molar-refractivity contribution >= 4 is 5.91 Å². The minimum Gasteiger partial charge on any atom is -0.493 e. The van der Waals surface area contributed by atoms with Gasteiger partial charge >= 0.3 is 0 Å². The van der Waals surface area contributed by atoms with Crippen molar-refractivity contribution in [3.63, 3.8) is 0 Å². The van der Waals surface area contributed by atoms with E-state index in [9.17, 15) is 4.79 Å². The summed E-state index contributed by atoms with van der Waals surface area (Å²) in [5.74, 6) is 1.58. The van der Waals surface area contributed by atoms with Crippen molar-refractivity contribution in [3.05, 3.63) is 41.7 Å². The van der Waals surface area contributed by atoms with Gasteiger partial charge in [-0.15, -0.1) is 0 Å². The van der Waals surface area contributed by atoms with E-state index in [1.165, 1.54) is 0 Å². The summed E-state index contributed by atoms with van der Waals surface area (Å²) in [6.07, 6.45) is 0.742. The van der Waals surface area contributed by atoms with Crippen molar-refractivity contribution in [1.29, 1.82) is 0 Å². The average Bonchev–Trinajstić information content (AvgIpc) is 2.91. The molecule has 0 saturated carbocycles. The van der Waals surface area contributed by atoms with Gasteiger partial charge in [0.1, 0.15) is 11.5 Å². The highest BCUT2D eigenvalue weighted by Crippen LogP contribution is 2.31. The Balaban J connectivity index is 1.58. The predicted octanol–water partition coefficient (Wildman–Crippen LogP) is 2.00. The molecule has 1 aromatic heterocycles. The lowest BCUT2D eigenvalue weighted by atomic mass is 10.0. The lowest BCUT2D eigenvalue weighted by Gasteiger charge is -2.26. The number of benzene rings is 1. The molecule has 1 atom stereocenters. The number of ether oxygens (including phenoxy) is 2. The number of aryl methyl sites for hydroxylation is 1. The molecule has 0 saturated heterocycles. The Bertz CT molecular complexity index is 638. The number of carbonyl (C=O) groups excluding carboxylic acids is 1. The molecule has 0 radical (unpaired) electrons. The van der Waals surface area contributed by atoms with E-state index in [1.54, 1.807) is 13.0 Å².